The number of amides is 1. The number of hydrogen-bond donors (Lipinski definition) is 1. The zero-order valence-corrected chi connectivity index (χ0v) is 18.0. The maximum atomic E-state index is 13.8. The van der Waals surface area contributed by atoms with Crippen molar-refractivity contribution in [2.24, 2.45) is 0 Å². The van der Waals surface area contributed by atoms with E-state index in [0.717, 1.165) is 27.3 Å². The van der Waals surface area contributed by atoms with Gasteiger partial charge in [-0.1, -0.05) is 17.7 Å². The number of aromatic nitrogens is 4. The first-order chi connectivity index (χ1) is 15.7. The number of rotatable bonds is 3. The number of alkyl halides is 3. The maximum absolute atomic E-state index is 13.8. The largest absolute Gasteiger partial charge is 0.472 e. The lowest BCUT2D eigenvalue weighted by Gasteiger charge is -2.26. The fourth-order valence-electron chi connectivity index (χ4n) is 3.97. The van der Waals surface area contributed by atoms with E-state index in [1.54, 1.807) is 6.20 Å². The smallest absolute Gasteiger partial charge is 0.420 e. The Morgan fingerprint density at radius 3 is 2.73 bits per heavy atom. The number of nitrogens with one attached hydrogen (secondary N) is 1. The summed E-state index contributed by atoms with van der Waals surface area (Å²) in [5, 5.41) is 6.72. The number of carbonyl (C=O) groups is 1. The van der Waals surface area contributed by atoms with Crippen molar-refractivity contribution < 1.29 is 22.4 Å². The summed E-state index contributed by atoms with van der Waals surface area (Å²) in [6, 6.07) is 2.51. The lowest BCUT2D eigenvalue weighted by atomic mass is 10.0. The molecule has 0 aromatic carbocycles. The number of aromatic amines is 1. The normalized spacial score (nSPS) is 14.7. The van der Waals surface area contributed by atoms with Gasteiger partial charge in [-0.15, -0.1) is 0 Å². The standard InChI is InChI=1S/C22H17ClF3N5O2/c1-12-16(9-27-29-12)13-2-5-30(6-3-13)21(32)18-19(23)31-10-15(14-4-7-33-11-14)8-17(20(31)28-18)22(24,25)26/h2,4,7-11H,3,5-6H2,1H3,(H,27,29). The van der Waals surface area contributed by atoms with E-state index in [1.807, 2.05) is 13.0 Å². The maximum Gasteiger partial charge on any atom is 0.420 e. The SMILES string of the molecule is Cc1[nH]ncc1C1=CCN(C(=O)c2nc3c(C(F)(F)F)cc(-c4ccoc4)cn3c2Cl)CC1. The Bertz CT molecular complexity index is 1390. The van der Waals surface area contributed by atoms with Crippen molar-refractivity contribution >= 4 is 28.7 Å². The first kappa shape index (κ1) is 21.3. The van der Waals surface area contributed by atoms with E-state index in [4.69, 9.17) is 16.0 Å². The molecule has 0 fully saturated rings. The molecule has 11 heteroatoms. The number of pyridine rings is 1. The van der Waals surface area contributed by atoms with Crippen LogP contribution in [0.25, 0.3) is 22.3 Å². The highest BCUT2D eigenvalue weighted by Crippen LogP contribution is 2.37. The van der Waals surface area contributed by atoms with Gasteiger partial charge in [0.05, 0.1) is 24.3 Å². The van der Waals surface area contributed by atoms with E-state index in [-0.39, 0.29) is 23.0 Å². The Labute approximate surface area is 190 Å². The van der Waals surface area contributed by atoms with Gasteiger partial charge in [0.1, 0.15) is 5.15 Å². The number of furan rings is 1. The molecule has 4 aromatic heterocycles. The zero-order valence-electron chi connectivity index (χ0n) is 17.3. The summed E-state index contributed by atoms with van der Waals surface area (Å²) in [6.45, 7) is 2.58. The molecule has 33 heavy (non-hydrogen) atoms. The van der Waals surface area contributed by atoms with Crippen molar-refractivity contribution in [1.29, 1.82) is 0 Å². The molecule has 7 nitrogen and oxygen atoms in total. The molecule has 170 valence electrons. The molecule has 0 bridgehead atoms. The van der Waals surface area contributed by atoms with E-state index >= 15 is 0 Å². The Balaban J connectivity index is 1.52. The van der Waals surface area contributed by atoms with E-state index in [0.29, 0.717) is 18.5 Å². The number of fused-ring (bicyclic) bond motifs is 1. The van der Waals surface area contributed by atoms with Crippen LogP contribution in [-0.2, 0) is 6.18 Å². The number of aryl methyl sites for hydroxylation is 1. The monoisotopic (exact) mass is 475 g/mol. The van der Waals surface area contributed by atoms with Gasteiger partial charge in [0.25, 0.3) is 5.91 Å². The lowest BCUT2D eigenvalue weighted by molar-refractivity contribution is -0.136. The molecule has 1 amide bonds. The van der Waals surface area contributed by atoms with Crippen molar-refractivity contribution in [2.45, 2.75) is 19.5 Å². The molecule has 1 aliphatic rings. The molecule has 0 spiro atoms. The van der Waals surface area contributed by atoms with E-state index in [1.165, 1.54) is 29.7 Å². The molecule has 0 aliphatic carbocycles. The summed E-state index contributed by atoms with van der Waals surface area (Å²) in [6.07, 6.45) is 3.63. The second-order valence-electron chi connectivity index (χ2n) is 7.74. The quantitative estimate of drug-likeness (QED) is 0.440. The Morgan fingerprint density at radius 2 is 2.12 bits per heavy atom. The van der Waals surface area contributed by atoms with Crippen LogP contribution in [0.2, 0.25) is 5.15 Å². The minimum absolute atomic E-state index is 0.175. The van der Waals surface area contributed by atoms with Crippen LogP contribution < -0.4 is 0 Å². The molecule has 0 unspecified atom stereocenters. The lowest BCUT2D eigenvalue weighted by Crippen LogP contribution is -2.35. The molecular formula is C22H17ClF3N5O2. The van der Waals surface area contributed by atoms with Crippen molar-refractivity contribution in [1.82, 2.24) is 24.5 Å². The molecule has 0 saturated heterocycles. The third-order valence-corrected chi connectivity index (χ3v) is 6.06. The Kier molecular flexibility index (Phi) is 5.04. The van der Waals surface area contributed by atoms with Crippen molar-refractivity contribution in [3.8, 4) is 11.1 Å². The van der Waals surface area contributed by atoms with Crippen LogP contribution in [0.1, 0.15) is 33.7 Å². The molecule has 5 heterocycles. The Hall–Kier alpha value is -3.53. The highest BCUT2D eigenvalue weighted by molar-refractivity contribution is 6.33. The topological polar surface area (TPSA) is 79.4 Å². The molecule has 1 N–H and O–H groups in total. The predicted octanol–water partition coefficient (Wildman–Crippen LogP) is 5.23. The van der Waals surface area contributed by atoms with Crippen LogP contribution >= 0.6 is 11.6 Å². The summed E-state index contributed by atoms with van der Waals surface area (Å²) in [4.78, 5) is 18.7. The van der Waals surface area contributed by atoms with E-state index < -0.39 is 23.3 Å². The third-order valence-electron chi connectivity index (χ3n) is 5.70. The minimum atomic E-state index is -4.69. The number of carbonyl (C=O) groups excluding carboxylic acids is 1. The van der Waals surface area contributed by atoms with Crippen molar-refractivity contribution in [3.63, 3.8) is 0 Å². The molecule has 0 saturated carbocycles. The van der Waals surface area contributed by atoms with Gasteiger partial charge in [0.2, 0.25) is 0 Å². The van der Waals surface area contributed by atoms with Gasteiger partial charge in [-0.25, -0.2) is 4.98 Å². The highest BCUT2D eigenvalue weighted by Gasteiger charge is 2.36. The second-order valence-corrected chi connectivity index (χ2v) is 8.09. The van der Waals surface area contributed by atoms with E-state index in [2.05, 4.69) is 15.2 Å². The van der Waals surface area contributed by atoms with Gasteiger partial charge >= 0.3 is 6.18 Å². The number of hydrogen-bond acceptors (Lipinski definition) is 4. The minimum Gasteiger partial charge on any atom is -0.472 e. The number of halogens is 4. The highest BCUT2D eigenvalue weighted by atomic mass is 35.5. The molecule has 5 rings (SSSR count). The molecule has 0 radical (unpaired) electrons. The van der Waals surface area contributed by atoms with Crippen molar-refractivity contribution in [3.05, 3.63) is 70.8 Å². The third kappa shape index (κ3) is 3.70. The number of H-pyrrole nitrogens is 1. The van der Waals surface area contributed by atoms with Crippen LogP contribution in [0.15, 0.2) is 47.5 Å². The van der Waals surface area contributed by atoms with Crippen LogP contribution in [0.5, 0.6) is 0 Å². The first-order valence-corrected chi connectivity index (χ1v) is 10.4. The fourth-order valence-corrected chi connectivity index (χ4v) is 4.22. The summed E-state index contributed by atoms with van der Waals surface area (Å²) in [5.74, 6) is -0.527. The van der Waals surface area contributed by atoms with Crippen LogP contribution in [0.3, 0.4) is 0 Å². The summed E-state index contributed by atoms with van der Waals surface area (Å²) in [7, 11) is 0. The summed E-state index contributed by atoms with van der Waals surface area (Å²) < 4.78 is 47.5. The predicted molar refractivity (Wildman–Crippen MR) is 115 cm³/mol. The molecular weight excluding hydrogens is 459 g/mol. The van der Waals surface area contributed by atoms with Gasteiger partial charge in [0.15, 0.2) is 11.3 Å². The Morgan fingerprint density at radius 1 is 1.30 bits per heavy atom. The van der Waals surface area contributed by atoms with Gasteiger partial charge in [0, 0.05) is 41.7 Å². The summed E-state index contributed by atoms with van der Waals surface area (Å²) in [5.41, 5.74) is 2.01. The average molecular weight is 476 g/mol. The van der Waals surface area contributed by atoms with Gasteiger partial charge in [-0.3, -0.25) is 14.3 Å². The van der Waals surface area contributed by atoms with Gasteiger partial charge in [-0.2, -0.15) is 18.3 Å². The average Bonchev–Trinajstić information content (AvgIpc) is 3.53. The molecule has 4 aromatic rings. The van der Waals surface area contributed by atoms with Gasteiger partial charge < -0.3 is 9.32 Å². The number of nitrogens with zero attached hydrogens (tertiary/aromatic N) is 4. The molecule has 1 aliphatic heterocycles. The van der Waals surface area contributed by atoms with Crippen LogP contribution in [0, 0.1) is 6.92 Å². The van der Waals surface area contributed by atoms with Gasteiger partial charge in [-0.05, 0) is 31.1 Å². The fraction of sp³-hybridized carbons (Fsp3) is 0.227. The second kappa shape index (κ2) is 7.80. The zero-order chi connectivity index (χ0) is 23.3. The van der Waals surface area contributed by atoms with Crippen LogP contribution in [0.4, 0.5) is 13.2 Å². The van der Waals surface area contributed by atoms with Crippen LogP contribution in [-0.4, -0.2) is 43.5 Å². The van der Waals surface area contributed by atoms with E-state index in [9.17, 15) is 18.0 Å². The number of imidazole rings is 1. The van der Waals surface area contributed by atoms with Crippen molar-refractivity contribution in [2.75, 3.05) is 13.1 Å². The molecule has 0 atom stereocenters. The first-order valence-electron chi connectivity index (χ1n) is 10.0. The summed E-state index contributed by atoms with van der Waals surface area (Å²) >= 11 is 6.39.